The van der Waals surface area contributed by atoms with Crippen LogP contribution >= 0.6 is 34.2 Å². The molecule has 1 amide bonds. The van der Waals surface area contributed by atoms with Gasteiger partial charge >= 0.3 is 6.09 Å². The molecule has 0 fully saturated rings. The first-order chi connectivity index (χ1) is 9.87. The molecular formula is C13H18ClIN2O4S. The predicted molar refractivity (Wildman–Crippen MR) is 95.7 cm³/mol. The van der Waals surface area contributed by atoms with E-state index in [1.165, 1.54) is 6.07 Å². The van der Waals surface area contributed by atoms with Crippen molar-refractivity contribution < 1.29 is 17.9 Å². The Morgan fingerprint density at radius 2 is 1.95 bits per heavy atom. The molecule has 0 aliphatic rings. The van der Waals surface area contributed by atoms with E-state index in [-0.39, 0.29) is 6.54 Å². The molecule has 22 heavy (non-hydrogen) atoms. The van der Waals surface area contributed by atoms with Gasteiger partial charge in [0, 0.05) is 15.1 Å². The number of alkyl carbamates (subject to hydrolysis) is 1. The summed E-state index contributed by atoms with van der Waals surface area (Å²) in [6.45, 7) is 5.50. The van der Waals surface area contributed by atoms with E-state index in [1.807, 2.05) is 22.6 Å². The third-order valence-corrected chi connectivity index (χ3v) is 4.09. The molecule has 0 unspecified atom stereocenters. The van der Waals surface area contributed by atoms with Crippen molar-refractivity contribution in [2.45, 2.75) is 32.9 Å². The van der Waals surface area contributed by atoms with Crippen molar-refractivity contribution >= 4 is 56.0 Å². The van der Waals surface area contributed by atoms with Crippen LogP contribution < -0.4 is 10.0 Å². The van der Waals surface area contributed by atoms with E-state index in [0.717, 1.165) is 6.26 Å². The highest BCUT2D eigenvalue weighted by Gasteiger charge is 2.16. The molecule has 9 heteroatoms. The van der Waals surface area contributed by atoms with Crippen molar-refractivity contribution in [2.24, 2.45) is 0 Å². The van der Waals surface area contributed by atoms with E-state index >= 15 is 0 Å². The third-order valence-electron chi connectivity index (χ3n) is 2.25. The highest BCUT2D eigenvalue weighted by atomic mass is 127. The molecule has 0 atom stereocenters. The van der Waals surface area contributed by atoms with Crippen molar-refractivity contribution in [2.75, 3.05) is 11.0 Å². The summed E-state index contributed by atoms with van der Waals surface area (Å²) in [4.78, 5) is 11.6. The molecule has 1 rings (SSSR count). The van der Waals surface area contributed by atoms with Crippen LogP contribution in [0.1, 0.15) is 26.3 Å². The summed E-state index contributed by atoms with van der Waals surface area (Å²) in [5.41, 5.74) is 0.482. The zero-order valence-electron chi connectivity index (χ0n) is 12.7. The Labute approximate surface area is 149 Å². The Morgan fingerprint density at radius 3 is 2.45 bits per heavy atom. The van der Waals surface area contributed by atoms with Crippen LogP contribution in [0.5, 0.6) is 0 Å². The lowest BCUT2D eigenvalue weighted by Gasteiger charge is -2.20. The van der Waals surface area contributed by atoms with E-state index in [9.17, 15) is 13.2 Å². The summed E-state index contributed by atoms with van der Waals surface area (Å²) in [6.07, 6.45) is 0.520. The average Bonchev–Trinajstić information content (AvgIpc) is 2.27. The summed E-state index contributed by atoms with van der Waals surface area (Å²) in [5, 5.41) is 2.95. The van der Waals surface area contributed by atoms with Gasteiger partial charge in [-0.15, -0.1) is 0 Å². The number of carbonyl (C=O) groups is 1. The normalized spacial score (nSPS) is 11.9. The number of carbonyl (C=O) groups excluding carboxylic acids is 1. The minimum Gasteiger partial charge on any atom is -0.444 e. The molecule has 0 heterocycles. The molecular weight excluding hydrogens is 443 g/mol. The monoisotopic (exact) mass is 460 g/mol. The maximum atomic E-state index is 11.6. The Bertz CT molecular complexity index is 671. The van der Waals surface area contributed by atoms with E-state index < -0.39 is 21.7 Å². The van der Waals surface area contributed by atoms with Crippen LogP contribution in [0, 0.1) is 3.57 Å². The molecule has 6 nitrogen and oxygen atoms in total. The second-order valence-electron chi connectivity index (χ2n) is 5.65. The smallest absolute Gasteiger partial charge is 0.407 e. The van der Waals surface area contributed by atoms with Gasteiger partial charge in [-0.2, -0.15) is 0 Å². The van der Waals surface area contributed by atoms with Gasteiger partial charge in [0.25, 0.3) is 0 Å². The summed E-state index contributed by atoms with van der Waals surface area (Å²) < 4.78 is 30.7. The van der Waals surface area contributed by atoms with E-state index in [0.29, 0.717) is 19.8 Å². The van der Waals surface area contributed by atoms with Crippen LogP contribution in [0.4, 0.5) is 10.5 Å². The first-order valence-corrected chi connectivity index (χ1v) is 9.65. The predicted octanol–water partition coefficient (Wildman–Crippen LogP) is 3.34. The second kappa shape index (κ2) is 7.22. The van der Waals surface area contributed by atoms with Gasteiger partial charge in [-0.1, -0.05) is 11.6 Å². The first-order valence-electron chi connectivity index (χ1n) is 6.30. The number of halogens is 2. The minimum absolute atomic E-state index is 0.183. The molecule has 0 aliphatic carbocycles. The van der Waals surface area contributed by atoms with Gasteiger partial charge in [0.05, 0.1) is 11.9 Å². The Morgan fingerprint density at radius 1 is 1.36 bits per heavy atom. The maximum absolute atomic E-state index is 11.6. The summed E-state index contributed by atoms with van der Waals surface area (Å²) in [6, 6.07) is 3.21. The van der Waals surface area contributed by atoms with Gasteiger partial charge in [-0.3, -0.25) is 4.72 Å². The van der Waals surface area contributed by atoms with Gasteiger partial charge in [-0.25, -0.2) is 13.2 Å². The van der Waals surface area contributed by atoms with Crippen molar-refractivity contribution in [3.63, 3.8) is 0 Å². The molecule has 1 aromatic rings. The molecule has 0 radical (unpaired) electrons. The van der Waals surface area contributed by atoms with Gasteiger partial charge in [0.2, 0.25) is 10.0 Å². The van der Waals surface area contributed by atoms with Gasteiger partial charge < -0.3 is 10.1 Å². The first kappa shape index (κ1) is 19.3. The van der Waals surface area contributed by atoms with Crippen molar-refractivity contribution in [1.82, 2.24) is 5.32 Å². The van der Waals surface area contributed by atoms with Crippen LogP contribution in [0.2, 0.25) is 5.02 Å². The number of hydrogen-bond acceptors (Lipinski definition) is 4. The fourth-order valence-corrected chi connectivity index (χ4v) is 3.13. The quantitative estimate of drug-likeness (QED) is 0.675. The van der Waals surface area contributed by atoms with Crippen LogP contribution in [-0.4, -0.2) is 26.4 Å². The molecule has 1 aromatic carbocycles. The molecule has 2 N–H and O–H groups in total. The van der Waals surface area contributed by atoms with Gasteiger partial charge in [0.1, 0.15) is 5.60 Å². The van der Waals surface area contributed by atoms with E-state index in [1.54, 1.807) is 26.8 Å². The van der Waals surface area contributed by atoms with Gasteiger partial charge in [0.15, 0.2) is 0 Å². The number of sulfonamides is 1. The van der Waals surface area contributed by atoms with E-state index in [4.69, 9.17) is 16.3 Å². The van der Waals surface area contributed by atoms with Crippen molar-refractivity contribution in [1.29, 1.82) is 0 Å². The molecule has 0 saturated heterocycles. The topological polar surface area (TPSA) is 84.5 Å². The zero-order chi connectivity index (χ0) is 17.1. The lowest BCUT2D eigenvalue weighted by atomic mass is 10.2. The molecule has 0 spiro atoms. The fraction of sp³-hybridized carbons (Fsp3) is 0.462. The molecule has 0 bridgehead atoms. The van der Waals surface area contributed by atoms with Crippen LogP contribution in [0.25, 0.3) is 0 Å². The van der Waals surface area contributed by atoms with Crippen LogP contribution in [-0.2, 0) is 21.3 Å². The second-order valence-corrected chi connectivity index (χ2v) is 8.97. The lowest BCUT2D eigenvalue weighted by molar-refractivity contribution is 0.0523. The summed E-state index contributed by atoms with van der Waals surface area (Å²) in [7, 11) is -3.38. The Kier molecular flexibility index (Phi) is 6.34. The molecule has 0 aromatic heterocycles. The number of rotatable bonds is 4. The maximum Gasteiger partial charge on any atom is 0.407 e. The van der Waals surface area contributed by atoms with Gasteiger partial charge in [-0.05, 0) is 61.1 Å². The third kappa shape index (κ3) is 7.01. The van der Waals surface area contributed by atoms with Crippen LogP contribution in [0.15, 0.2) is 12.1 Å². The number of ether oxygens (including phenoxy) is 1. The number of anilines is 1. The number of benzene rings is 1. The summed E-state index contributed by atoms with van der Waals surface area (Å²) >= 11 is 8.11. The summed E-state index contributed by atoms with van der Waals surface area (Å²) in [5.74, 6) is 0. The highest BCUT2D eigenvalue weighted by Crippen LogP contribution is 2.27. The molecule has 0 aliphatic heterocycles. The zero-order valence-corrected chi connectivity index (χ0v) is 16.4. The van der Waals surface area contributed by atoms with Crippen molar-refractivity contribution in [3.8, 4) is 0 Å². The number of nitrogens with one attached hydrogen (secondary N) is 2. The Balaban J connectivity index is 2.82. The number of hydrogen-bond donors (Lipinski definition) is 2. The molecule has 0 saturated carbocycles. The lowest BCUT2D eigenvalue weighted by Crippen LogP contribution is -2.32. The van der Waals surface area contributed by atoms with E-state index in [2.05, 4.69) is 10.0 Å². The van der Waals surface area contributed by atoms with Crippen LogP contribution in [0.3, 0.4) is 0 Å². The SMILES string of the molecule is CC(C)(C)OC(=O)NCc1cc(I)c(NS(C)(=O)=O)cc1Cl. The number of amides is 1. The Hall–Kier alpha value is -0.740. The molecule has 124 valence electrons. The standard InChI is InChI=1S/C13H18ClIN2O4S/c1-13(2,3)21-12(18)16-7-8-5-10(15)11(6-9(8)14)17-22(4,19)20/h5-6,17H,7H2,1-4H3,(H,16,18). The average molecular weight is 461 g/mol. The largest absolute Gasteiger partial charge is 0.444 e. The minimum atomic E-state index is -3.38. The fourth-order valence-electron chi connectivity index (χ4n) is 1.48. The highest BCUT2D eigenvalue weighted by molar-refractivity contribution is 14.1. The van der Waals surface area contributed by atoms with Crippen molar-refractivity contribution in [3.05, 3.63) is 26.3 Å².